The third-order valence-electron chi connectivity index (χ3n) is 2.67. The van der Waals surface area contributed by atoms with E-state index >= 15 is 0 Å². The van der Waals surface area contributed by atoms with Gasteiger partial charge in [-0.3, -0.25) is 4.79 Å². The van der Waals surface area contributed by atoms with Gasteiger partial charge in [-0.2, -0.15) is 0 Å². The number of hydrogen-bond acceptors (Lipinski definition) is 2. The minimum atomic E-state index is 0.0697. The van der Waals surface area contributed by atoms with E-state index in [0.717, 1.165) is 22.2 Å². The van der Waals surface area contributed by atoms with Gasteiger partial charge in [0, 0.05) is 28.8 Å². The van der Waals surface area contributed by atoms with Crippen LogP contribution in [0.5, 0.6) is 0 Å². The number of aromatic nitrogens is 1. The average molecular weight is 217 g/mol. The lowest BCUT2D eigenvalue weighted by molar-refractivity contribution is 0.133. The molecule has 0 aliphatic carbocycles. The number of pyridine rings is 1. The molecule has 2 rings (SSSR count). The maximum atomic E-state index is 12.2. The van der Waals surface area contributed by atoms with E-state index in [9.17, 15) is 4.79 Å². The number of hydrogen-bond donors (Lipinski definition) is 1. The van der Waals surface area contributed by atoms with E-state index < -0.39 is 0 Å². The first-order valence-electron chi connectivity index (χ1n) is 5.42. The minimum absolute atomic E-state index is 0.0697. The van der Waals surface area contributed by atoms with Crippen molar-refractivity contribution in [3.05, 3.63) is 45.7 Å². The molecule has 0 aliphatic heterocycles. The van der Waals surface area contributed by atoms with Gasteiger partial charge in [-0.15, -0.1) is 0 Å². The van der Waals surface area contributed by atoms with Crippen molar-refractivity contribution in [2.24, 2.45) is 0 Å². The second kappa shape index (κ2) is 4.49. The second-order valence-electron chi connectivity index (χ2n) is 3.74. The molecule has 0 fully saturated rings. The first-order valence-corrected chi connectivity index (χ1v) is 5.42. The molecule has 84 valence electrons. The number of nitrogens with one attached hydrogen (secondary N) is 1. The topological polar surface area (TPSA) is 42.1 Å². The van der Waals surface area contributed by atoms with Gasteiger partial charge in [0.1, 0.15) is 0 Å². The Morgan fingerprint density at radius 2 is 2.06 bits per heavy atom. The quantitative estimate of drug-likeness (QED) is 0.857. The van der Waals surface area contributed by atoms with Crippen LogP contribution < -0.4 is 5.43 Å². The monoisotopic (exact) mass is 217 g/mol. The zero-order chi connectivity index (χ0) is 11.5. The number of aryl methyl sites for hydroxylation is 1. The molecule has 1 heterocycles. The first kappa shape index (κ1) is 10.9. The highest BCUT2D eigenvalue weighted by atomic mass is 16.5. The number of fused-ring (bicyclic) bond motifs is 1. The van der Waals surface area contributed by atoms with E-state index in [4.69, 9.17) is 4.74 Å². The molecule has 0 saturated heterocycles. The lowest BCUT2D eigenvalue weighted by Gasteiger charge is -2.07. The molecule has 16 heavy (non-hydrogen) atoms. The molecular formula is C13H15NO2. The van der Waals surface area contributed by atoms with Crippen molar-refractivity contribution < 1.29 is 4.74 Å². The van der Waals surface area contributed by atoms with Gasteiger partial charge in [-0.05, 0) is 26.0 Å². The van der Waals surface area contributed by atoms with Gasteiger partial charge in [0.15, 0.2) is 5.43 Å². The van der Waals surface area contributed by atoms with E-state index in [2.05, 4.69) is 4.98 Å². The number of para-hydroxylation sites is 1. The number of ether oxygens (including phenoxy) is 1. The SMILES string of the molecule is CCOCc1c(C)[nH]c2ccccc2c1=O. The summed E-state index contributed by atoms with van der Waals surface area (Å²) in [5, 5.41) is 0.725. The molecule has 0 atom stereocenters. The highest BCUT2D eigenvalue weighted by Crippen LogP contribution is 2.11. The van der Waals surface area contributed by atoms with Crippen LogP contribution >= 0.6 is 0 Å². The summed E-state index contributed by atoms with van der Waals surface area (Å²) in [5.74, 6) is 0. The largest absolute Gasteiger partial charge is 0.377 e. The van der Waals surface area contributed by atoms with E-state index in [1.807, 2.05) is 38.1 Å². The molecule has 2 aromatic rings. The van der Waals surface area contributed by atoms with E-state index in [0.29, 0.717) is 13.2 Å². The molecule has 0 amide bonds. The molecule has 0 saturated carbocycles. The maximum absolute atomic E-state index is 12.2. The number of benzene rings is 1. The molecule has 1 aromatic heterocycles. The van der Waals surface area contributed by atoms with Gasteiger partial charge in [0.2, 0.25) is 0 Å². The fourth-order valence-corrected chi connectivity index (χ4v) is 1.78. The summed E-state index contributed by atoms with van der Waals surface area (Å²) in [4.78, 5) is 15.4. The summed E-state index contributed by atoms with van der Waals surface area (Å²) < 4.78 is 5.31. The fraction of sp³-hybridized carbons (Fsp3) is 0.308. The molecule has 0 radical (unpaired) electrons. The third kappa shape index (κ3) is 1.86. The normalized spacial score (nSPS) is 10.9. The molecule has 3 heteroatoms. The lowest BCUT2D eigenvalue weighted by atomic mass is 10.1. The summed E-state index contributed by atoms with van der Waals surface area (Å²) in [5.41, 5.74) is 2.56. The number of aromatic amines is 1. The summed E-state index contributed by atoms with van der Waals surface area (Å²) >= 11 is 0. The average Bonchev–Trinajstić information content (AvgIpc) is 2.29. The zero-order valence-corrected chi connectivity index (χ0v) is 9.54. The Kier molecular flexibility index (Phi) is 3.06. The summed E-state index contributed by atoms with van der Waals surface area (Å²) in [6, 6.07) is 7.54. The van der Waals surface area contributed by atoms with Crippen LogP contribution in [0, 0.1) is 6.92 Å². The molecular weight excluding hydrogens is 202 g/mol. The Bertz CT molecular complexity index is 557. The van der Waals surface area contributed by atoms with Crippen LogP contribution in [0.1, 0.15) is 18.2 Å². The summed E-state index contributed by atoms with van der Waals surface area (Å²) in [7, 11) is 0. The van der Waals surface area contributed by atoms with Crippen LogP contribution in [0.15, 0.2) is 29.1 Å². The Morgan fingerprint density at radius 1 is 1.31 bits per heavy atom. The smallest absolute Gasteiger partial charge is 0.195 e. The standard InChI is InChI=1S/C13H15NO2/c1-3-16-8-11-9(2)14-12-7-5-4-6-10(12)13(11)15/h4-7H,3,8H2,1-2H3,(H,14,15). The Balaban J connectivity index is 2.61. The van der Waals surface area contributed by atoms with Crippen LogP contribution in [-0.4, -0.2) is 11.6 Å². The van der Waals surface area contributed by atoms with Crippen LogP contribution in [0.3, 0.4) is 0 Å². The van der Waals surface area contributed by atoms with Crippen molar-refractivity contribution in [3.63, 3.8) is 0 Å². The van der Waals surface area contributed by atoms with Crippen LogP contribution in [0.4, 0.5) is 0 Å². The van der Waals surface area contributed by atoms with E-state index in [1.165, 1.54) is 0 Å². The van der Waals surface area contributed by atoms with Crippen LogP contribution in [-0.2, 0) is 11.3 Å². The highest BCUT2D eigenvalue weighted by molar-refractivity contribution is 5.79. The molecule has 0 unspecified atom stereocenters. The highest BCUT2D eigenvalue weighted by Gasteiger charge is 2.08. The van der Waals surface area contributed by atoms with Crippen molar-refractivity contribution in [2.75, 3.05) is 6.61 Å². The van der Waals surface area contributed by atoms with Crippen molar-refractivity contribution in [2.45, 2.75) is 20.5 Å². The third-order valence-corrected chi connectivity index (χ3v) is 2.67. The second-order valence-corrected chi connectivity index (χ2v) is 3.74. The Labute approximate surface area is 94.1 Å². The molecule has 1 aromatic carbocycles. The van der Waals surface area contributed by atoms with Crippen molar-refractivity contribution in [3.8, 4) is 0 Å². The summed E-state index contributed by atoms with van der Waals surface area (Å²) in [6.45, 7) is 4.82. The Hall–Kier alpha value is -1.61. The number of rotatable bonds is 3. The zero-order valence-electron chi connectivity index (χ0n) is 9.54. The van der Waals surface area contributed by atoms with Gasteiger partial charge in [0.25, 0.3) is 0 Å². The molecule has 0 aliphatic rings. The summed E-state index contributed by atoms with van der Waals surface area (Å²) in [6.07, 6.45) is 0. The molecule has 3 nitrogen and oxygen atoms in total. The van der Waals surface area contributed by atoms with Gasteiger partial charge < -0.3 is 9.72 Å². The van der Waals surface area contributed by atoms with Gasteiger partial charge in [0.05, 0.1) is 6.61 Å². The molecule has 1 N–H and O–H groups in total. The molecule has 0 spiro atoms. The van der Waals surface area contributed by atoms with Gasteiger partial charge >= 0.3 is 0 Å². The Morgan fingerprint density at radius 3 is 2.81 bits per heavy atom. The number of H-pyrrole nitrogens is 1. The van der Waals surface area contributed by atoms with E-state index in [-0.39, 0.29) is 5.43 Å². The van der Waals surface area contributed by atoms with Crippen molar-refractivity contribution in [1.82, 2.24) is 4.98 Å². The fourth-order valence-electron chi connectivity index (χ4n) is 1.78. The molecule has 0 bridgehead atoms. The first-order chi connectivity index (χ1) is 7.74. The van der Waals surface area contributed by atoms with Crippen molar-refractivity contribution in [1.29, 1.82) is 0 Å². The predicted molar refractivity (Wildman–Crippen MR) is 64.6 cm³/mol. The minimum Gasteiger partial charge on any atom is -0.377 e. The van der Waals surface area contributed by atoms with E-state index in [1.54, 1.807) is 0 Å². The van der Waals surface area contributed by atoms with Gasteiger partial charge in [-0.1, -0.05) is 12.1 Å². The lowest BCUT2D eigenvalue weighted by Crippen LogP contribution is -2.14. The van der Waals surface area contributed by atoms with Crippen LogP contribution in [0.25, 0.3) is 10.9 Å². The van der Waals surface area contributed by atoms with Crippen LogP contribution in [0.2, 0.25) is 0 Å². The maximum Gasteiger partial charge on any atom is 0.195 e. The van der Waals surface area contributed by atoms with Crippen molar-refractivity contribution >= 4 is 10.9 Å². The predicted octanol–water partition coefficient (Wildman–Crippen LogP) is 2.37. The van der Waals surface area contributed by atoms with Gasteiger partial charge in [-0.25, -0.2) is 0 Å².